The summed E-state index contributed by atoms with van der Waals surface area (Å²) < 4.78 is 0. The van der Waals surface area contributed by atoms with Crippen molar-refractivity contribution in [3.05, 3.63) is 35.7 Å². The van der Waals surface area contributed by atoms with Gasteiger partial charge in [0.1, 0.15) is 0 Å². The molecule has 0 aliphatic carbocycles. The van der Waals surface area contributed by atoms with Gasteiger partial charge in [0.2, 0.25) is 0 Å². The van der Waals surface area contributed by atoms with Crippen LogP contribution in [0.1, 0.15) is 39.8 Å². The highest BCUT2D eigenvalue weighted by Crippen LogP contribution is 2.28. The molecule has 0 radical (unpaired) electrons. The van der Waals surface area contributed by atoms with Crippen LogP contribution in [0.3, 0.4) is 0 Å². The molecule has 0 aliphatic heterocycles. The lowest BCUT2D eigenvalue weighted by Crippen LogP contribution is -1.98. The summed E-state index contributed by atoms with van der Waals surface area (Å²) in [5.41, 5.74) is 10.5. The Morgan fingerprint density at radius 3 is 2.56 bits per heavy atom. The molecule has 0 saturated heterocycles. The molecule has 1 heterocycles. The van der Waals surface area contributed by atoms with E-state index in [9.17, 15) is 0 Å². The molecule has 0 saturated carbocycles. The minimum atomic E-state index is 0.461. The van der Waals surface area contributed by atoms with Crippen LogP contribution in [-0.4, -0.2) is 4.98 Å². The van der Waals surface area contributed by atoms with Gasteiger partial charge in [-0.15, -0.1) is 0 Å². The normalized spacial score (nSPS) is 13.6. The second-order valence-electron chi connectivity index (χ2n) is 4.28. The predicted octanol–water partition coefficient (Wildman–Crippen LogP) is 3.99. The number of hydrogen-bond acceptors (Lipinski definition) is 1. The fraction of sp³-hybridized carbons (Fsp3) is 0.429. The summed E-state index contributed by atoms with van der Waals surface area (Å²) in [6, 6.07) is 1.91. The lowest BCUT2D eigenvalue weighted by Gasteiger charge is -2.12. The maximum atomic E-state index is 5.95. The van der Waals surface area contributed by atoms with E-state index in [4.69, 9.17) is 5.73 Å². The Bertz CT molecular complexity index is 395. The van der Waals surface area contributed by atoms with Crippen molar-refractivity contribution in [1.82, 2.24) is 4.98 Å². The van der Waals surface area contributed by atoms with E-state index in [1.165, 1.54) is 11.1 Å². The summed E-state index contributed by atoms with van der Waals surface area (Å²) in [7, 11) is 0. The Hall–Kier alpha value is -1.44. The standard InChI is InChI=1S/C14H22N2/c1-5-11(6-2)9-12(10(3)4)14-13(15)7-8-16-14/h5,7-10,16H,6,15H2,1-4H3/b11-5-,12-9-. The summed E-state index contributed by atoms with van der Waals surface area (Å²) >= 11 is 0. The Morgan fingerprint density at radius 2 is 2.19 bits per heavy atom. The number of hydrogen-bond donors (Lipinski definition) is 2. The second-order valence-corrected chi connectivity index (χ2v) is 4.28. The molecule has 0 spiro atoms. The zero-order valence-electron chi connectivity index (χ0n) is 10.7. The molecule has 0 unspecified atom stereocenters. The maximum absolute atomic E-state index is 5.95. The Kier molecular flexibility index (Phi) is 4.41. The van der Waals surface area contributed by atoms with E-state index < -0.39 is 0 Å². The van der Waals surface area contributed by atoms with E-state index in [1.807, 2.05) is 12.3 Å². The number of nitrogen functional groups attached to an aromatic ring is 1. The molecular weight excluding hydrogens is 196 g/mol. The summed E-state index contributed by atoms with van der Waals surface area (Å²) in [5, 5.41) is 0. The highest BCUT2D eigenvalue weighted by atomic mass is 14.8. The van der Waals surface area contributed by atoms with E-state index >= 15 is 0 Å². The molecule has 0 bridgehead atoms. The molecule has 88 valence electrons. The van der Waals surface area contributed by atoms with Crippen molar-refractivity contribution in [3.63, 3.8) is 0 Å². The Morgan fingerprint density at radius 1 is 1.50 bits per heavy atom. The zero-order valence-corrected chi connectivity index (χ0v) is 10.7. The first-order valence-corrected chi connectivity index (χ1v) is 5.90. The number of nitrogens with two attached hydrogens (primary N) is 1. The molecule has 1 rings (SSSR count). The predicted molar refractivity (Wildman–Crippen MR) is 72.1 cm³/mol. The molecule has 2 nitrogen and oxygen atoms in total. The average Bonchev–Trinajstić information content (AvgIpc) is 2.66. The third-order valence-corrected chi connectivity index (χ3v) is 2.81. The van der Waals surface area contributed by atoms with Crippen molar-refractivity contribution < 1.29 is 0 Å². The van der Waals surface area contributed by atoms with Crippen LogP contribution in [-0.2, 0) is 0 Å². The first kappa shape index (κ1) is 12.6. The quantitative estimate of drug-likeness (QED) is 0.737. The fourth-order valence-electron chi connectivity index (χ4n) is 1.75. The number of H-pyrrole nitrogens is 1. The fourth-order valence-corrected chi connectivity index (χ4v) is 1.75. The monoisotopic (exact) mass is 218 g/mol. The topological polar surface area (TPSA) is 41.8 Å². The first-order valence-electron chi connectivity index (χ1n) is 5.90. The molecule has 1 aromatic heterocycles. The molecule has 3 N–H and O–H groups in total. The second kappa shape index (κ2) is 5.59. The van der Waals surface area contributed by atoms with Crippen LogP contribution in [0.4, 0.5) is 5.69 Å². The number of allylic oxidation sites excluding steroid dienone is 4. The van der Waals surface area contributed by atoms with E-state index in [0.29, 0.717) is 5.92 Å². The molecule has 1 aromatic rings. The third kappa shape index (κ3) is 2.78. The lowest BCUT2D eigenvalue weighted by molar-refractivity contribution is 0.848. The maximum Gasteiger partial charge on any atom is 0.0649 e. The average molecular weight is 218 g/mol. The van der Waals surface area contributed by atoms with Crippen molar-refractivity contribution in [3.8, 4) is 0 Å². The van der Waals surface area contributed by atoms with Crippen molar-refractivity contribution in [1.29, 1.82) is 0 Å². The summed E-state index contributed by atoms with van der Waals surface area (Å²) in [6.07, 6.45) is 7.34. The minimum Gasteiger partial charge on any atom is -0.397 e. The van der Waals surface area contributed by atoms with E-state index in [2.05, 4.69) is 44.8 Å². The molecule has 0 aromatic carbocycles. The lowest BCUT2D eigenvalue weighted by atomic mass is 9.96. The van der Waals surface area contributed by atoms with Gasteiger partial charge in [-0.05, 0) is 30.9 Å². The highest BCUT2D eigenvalue weighted by molar-refractivity contribution is 5.75. The van der Waals surface area contributed by atoms with Gasteiger partial charge in [0.05, 0.1) is 11.4 Å². The van der Waals surface area contributed by atoms with Gasteiger partial charge in [-0.1, -0.05) is 38.5 Å². The van der Waals surface area contributed by atoms with Crippen LogP contribution in [0, 0.1) is 5.92 Å². The van der Waals surface area contributed by atoms with Gasteiger partial charge < -0.3 is 10.7 Å². The van der Waals surface area contributed by atoms with Gasteiger partial charge in [-0.25, -0.2) is 0 Å². The summed E-state index contributed by atoms with van der Waals surface area (Å²) in [5.74, 6) is 0.461. The number of anilines is 1. The molecule has 0 amide bonds. The number of aromatic nitrogens is 1. The molecule has 0 fully saturated rings. The molecule has 0 atom stereocenters. The van der Waals surface area contributed by atoms with Crippen LogP contribution in [0.25, 0.3) is 5.57 Å². The molecule has 2 heteroatoms. The Balaban J connectivity index is 3.15. The molecular formula is C14H22N2. The van der Waals surface area contributed by atoms with Crippen LogP contribution in [0.2, 0.25) is 0 Å². The van der Waals surface area contributed by atoms with Crippen LogP contribution >= 0.6 is 0 Å². The molecule has 0 aliphatic rings. The summed E-state index contributed by atoms with van der Waals surface area (Å²) in [4.78, 5) is 3.22. The first-order chi connectivity index (χ1) is 7.60. The van der Waals surface area contributed by atoms with Gasteiger partial charge in [-0.3, -0.25) is 0 Å². The van der Waals surface area contributed by atoms with E-state index in [-0.39, 0.29) is 0 Å². The van der Waals surface area contributed by atoms with Crippen molar-refractivity contribution in [2.24, 2.45) is 5.92 Å². The number of aromatic amines is 1. The smallest absolute Gasteiger partial charge is 0.0649 e. The number of rotatable bonds is 4. The van der Waals surface area contributed by atoms with Gasteiger partial charge in [-0.2, -0.15) is 0 Å². The van der Waals surface area contributed by atoms with Gasteiger partial charge in [0, 0.05) is 6.20 Å². The van der Waals surface area contributed by atoms with Crippen LogP contribution in [0.15, 0.2) is 30.0 Å². The minimum absolute atomic E-state index is 0.461. The van der Waals surface area contributed by atoms with Crippen LogP contribution in [0.5, 0.6) is 0 Å². The zero-order chi connectivity index (χ0) is 12.1. The highest BCUT2D eigenvalue weighted by Gasteiger charge is 2.10. The Labute approximate surface area is 98.3 Å². The van der Waals surface area contributed by atoms with Gasteiger partial charge in [0.15, 0.2) is 0 Å². The largest absolute Gasteiger partial charge is 0.397 e. The SMILES string of the molecule is C/C=C(\C=C(/c1[nH]ccc1N)C(C)C)CC. The summed E-state index contributed by atoms with van der Waals surface area (Å²) in [6.45, 7) is 8.62. The van der Waals surface area contributed by atoms with E-state index in [1.54, 1.807) is 0 Å². The van der Waals surface area contributed by atoms with Gasteiger partial charge >= 0.3 is 0 Å². The van der Waals surface area contributed by atoms with Gasteiger partial charge in [0.25, 0.3) is 0 Å². The molecule has 16 heavy (non-hydrogen) atoms. The van der Waals surface area contributed by atoms with Crippen molar-refractivity contribution in [2.75, 3.05) is 5.73 Å². The van der Waals surface area contributed by atoms with Crippen molar-refractivity contribution in [2.45, 2.75) is 34.1 Å². The van der Waals surface area contributed by atoms with E-state index in [0.717, 1.165) is 17.8 Å². The van der Waals surface area contributed by atoms with Crippen LogP contribution < -0.4 is 5.73 Å². The third-order valence-electron chi connectivity index (χ3n) is 2.81. The van der Waals surface area contributed by atoms with Crippen molar-refractivity contribution >= 4 is 11.3 Å². The number of nitrogens with one attached hydrogen (secondary N) is 1.